The molecule has 0 aliphatic rings. The maximum atomic E-state index is 10.2. The first kappa shape index (κ1) is 10.2. The first-order valence-electron chi connectivity index (χ1n) is 4.20. The fraction of sp³-hybridized carbons (Fsp3) is 0.200. The number of nitrogens with two attached hydrogens (primary N) is 1. The second-order valence-corrected chi connectivity index (χ2v) is 2.93. The van der Waals surface area contributed by atoms with Gasteiger partial charge in [0.15, 0.2) is 0 Å². The predicted molar refractivity (Wildman–Crippen MR) is 54.7 cm³/mol. The Morgan fingerprint density at radius 1 is 1.71 bits per heavy atom. The minimum atomic E-state index is -0.868. The zero-order valence-electron chi connectivity index (χ0n) is 7.90. The van der Waals surface area contributed by atoms with Gasteiger partial charge in [-0.3, -0.25) is 9.78 Å². The molecule has 0 saturated carbocycles. The lowest BCUT2D eigenvalue weighted by atomic mass is 10.2. The average Bonchev–Trinajstić information content (AvgIpc) is 2.12. The largest absolute Gasteiger partial charge is 0.481 e. The Kier molecular flexibility index (Phi) is 3.23. The summed E-state index contributed by atoms with van der Waals surface area (Å²) in [4.78, 5) is 14.3. The summed E-state index contributed by atoms with van der Waals surface area (Å²) >= 11 is 0. The fourth-order valence-corrected chi connectivity index (χ4v) is 0.995. The van der Waals surface area contributed by atoms with Crippen LogP contribution in [0.3, 0.4) is 0 Å². The highest BCUT2D eigenvalue weighted by Gasteiger charge is 1.99. The quantitative estimate of drug-likeness (QED) is 0.760. The van der Waals surface area contributed by atoms with E-state index in [1.165, 1.54) is 6.08 Å². The molecule has 0 aliphatic heterocycles. The molecule has 14 heavy (non-hydrogen) atoms. The third kappa shape index (κ3) is 2.58. The SMILES string of the molecule is Cc1ccnc(C=CCC(=O)O)c1N. The second kappa shape index (κ2) is 4.41. The van der Waals surface area contributed by atoms with E-state index in [1.54, 1.807) is 12.3 Å². The Balaban J connectivity index is 2.81. The smallest absolute Gasteiger partial charge is 0.307 e. The molecule has 4 nitrogen and oxygen atoms in total. The van der Waals surface area contributed by atoms with Crippen molar-refractivity contribution >= 4 is 17.7 Å². The van der Waals surface area contributed by atoms with Crippen LogP contribution in [0.15, 0.2) is 18.3 Å². The average molecular weight is 192 g/mol. The first-order valence-corrected chi connectivity index (χ1v) is 4.20. The Morgan fingerprint density at radius 2 is 2.43 bits per heavy atom. The summed E-state index contributed by atoms with van der Waals surface area (Å²) in [5.74, 6) is -0.868. The minimum absolute atomic E-state index is 0.0188. The van der Waals surface area contributed by atoms with Gasteiger partial charge in [0, 0.05) is 6.20 Å². The third-order valence-electron chi connectivity index (χ3n) is 1.81. The van der Waals surface area contributed by atoms with Crippen LogP contribution >= 0.6 is 0 Å². The van der Waals surface area contributed by atoms with Crippen LogP contribution in [-0.2, 0) is 4.79 Å². The Hall–Kier alpha value is -1.84. The molecule has 0 saturated heterocycles. The fourth-order valence-electron chi connectivity index (χ4n) is 0.995. The van der Waals surface area contributed by atoms with Crippen molar-refractivity contribution in [3.8, 4) is 0 Å². The summed E-state index contributed by atoms with van der Waals surface area (Å²) < 4.78 is 0. The van der Waals surface area contributed by atoms with E-state index in [4.69, 9.17) is 10.8 Å². The highest BCUT2D eigenvalue weighted by atomic mass is 16.4. The van der Waals surface area contributed by atoms with E-state index in [9.17, 15) is 4.79 Å². The summed E-state index contributed by atoms with van der Waals surface area (Å²) in [5.41, 5.74) is 7.89. The Morgan fingerprint density at radius 3 is 3.07 bits per heavy atom. The maximum absolute atomic E-state index is 10.2. The van der Waals surface area contributed by atoms with Crippen molar-refractivity contribution in [3.63, 3.8) is 0 Å². The summed E-state index contributed by atoms with van der Waals surface area (Å²) in [6, 6.07) is 1.81. The molecular weight excluding hydrogens is 180 g/mol. The number of carboxylic acid groups (broad SMARTS) is 1. The molecular formula is C10H12N2O2. The molecule has 74 valence electrons. The van der Waals surface area contributed by atoms with Gasteiger partial charge in [-0.25, -0.2) is 0 Å². The van der Waals surface area contributed by atoms with Crippen LogP contribution in [0.5, 0.6) is 0 Å². The van der Waals surface area contributed by atoms with Crippen molar-refractivity contribution in [2.24, 2.45) is 0 Å². The van der Waals surface area contributed by atoms with Gasteiger partial charge in [-0.15, -0.1) is 0 Å². The van der Waals surface area contributed by atoms with Crippen LogP contribution in [-0.4, -0.2) is 16.1 Å². The zero-order valence-corrected chi connectivity index (χ0v) is 7.90. The second-order valence-electron chi connectivity index (χ2n) is 2.93. The van der Waals surface area contributed by atoms with Gasteiger partial charge in [-0.2, -0.15) is 0 Å². The van der Waals surface area contributed by atoms with Crippen LogP contribution in [0, 0.1) is 6.92 Å². The molecule has 0 aromatic carbocycles. The van der Waals surface area contributed by atoms with Crippen molar-refractivity contribution in [3.05, 3.63) is 29.6 Å². The van der Waals surface area contributed by atoms with E-state index in [-0.39, 0.29) is 6.42 Å². The Labute approximate surface area is 82.1 Å². The van der Waals surface area contributed by atoms with Crippen LogP contribution in [0.4, 0.5) is 5.69 Å². The molecule has 0 fully saturated rings. The molecule has 0 aliphatic carbocycles. The number of hydrogen-bond acceptors (Lipinski definition) is 3. The van der Waals surface area contributed by atoms with Crippen molar-refractivity contribution in [2.45, 2.75) is 13.3 Å². The molecule has 1 aromatic heterocycles. The van der Waals surface area contributed by atoms with Crippen LogP contribution in [0.2, 0.25) is 0 Å². The van der Waals surface area contributed by atoms with Gasteiger partial charge in [-0.05, 0) is 24.6 Å². The number of nitrogen functional groups attached to an aromatic ring is 1. The normalized spacial score (nSPS) is 10.6. The zero-order chi connectivity index (χ0) is 10.6. The molecule has 0 atom stereocenters. The highest BCUT2D eigenvalue weighted by molar-refractivity contribution is 5.71. The maximum Gasteiger partial charge on any atom is 0.307 e. The Bertz CT molecular complexity index is 372. The summed E-state index contributed by atoms with van der Waals surface area (Å²) in [6.07, 6.45) is 4.78. The van der Waals surface area contributed by atoms with Gasteiger partial charge < -0.3 is 10.8 Å². The minimum Gasteiger partial charge on any atom is -0.481 e. The molecule has 3 N–H and O–H groups in total. The number of nitrogens with zero attached hydrogens (tertiary/aromatic N) is 1. The molecule has 1 heterocycles. The standard InChI is InChI=1S/C10H12N2O2/c1-7-5-6-12-8(10(7)11)3-2-4-9(13)14/h2-3,5-6H,4,11H2,1H3,(H,13,14). The van der Waals surface area contributed by atoms with E-state index in [0.717, 1.165) is 5.56 Å². The molecule has 0 bridgehead atoms. The van der Waals surface area contributed by atoms with Crippen LogP contribution in [0.25, 0.3) is 6.08 Å². The molecule has 0 radical (unpaired) electrons. The number of rotatable bonds is 3. The number of aryl methyl sites for hydroxylation is 1. The number of carboxylic acids is 1. The molecule has 0 spiro atoms. The molecule has 0 unspecified atom stereocenters. The summed E-state index contributed by atoms with van der Waals surface area (Å²) in [5, 5.41) is 8.41. The van der Waals surface area contributed by atoms with Crippen molar-refractivity contribution < 1.29 is 9.90 Å². The number of anilines is 1. The molecule has 0 amide bonds. The monoisotopic (exact) mass is 192 g/mol. The van der Waals surface area contributed by atoms with E-state index in [2.05, 4.69) is 4.98 Å². The molecule has 1 rings (SSSR count). The molecule has 1 aromatic rings. The van der Waals surface area contributed by atoms with Gasteiger partial charge in [0.25, 0.3) is 0 Å². The first-order chi connectivity index (χ1) is 6.61. The number of aliphatic carboxylic acids is 1. The number of aromatic nitrogens is 1. The van der Waals surface area contributed by atoms with Crippen molar-refractivity contribution in [1.29, 1.82) is 0 Å². The van der Waals surface area contributed by atoms with Gasteiger partial charge in [0.2, 0.25) is 0 Å². The number of carbonyl (C=O) groups is 1. The topological polar surface area (TPSA) is 76.2 Å². The van der Waals surface area contributed by atoms with Crippen LogP contribution < -0.4 is 5.73 Å². The van der Waals surface area contributed by atoms with E-state index < -0.39 is 5.97 Å². The summed E-state index contributed by atoms with van der Waals surface area (Å²) in [6.45, 7) is 1.88. The van der Waals surface area contributed by atoms with Gasteiger partial charge in [0.05, 0.1) is 17.8 Å². The van der Waals surface area contributed by atoms with Gasteiger partial charge in [0.1, 0.15) is 0 Å². The van der Waals surface area contributed by atoms with Gasteiger partial charge in [-0.1, -0.05) is 6.08 Å². The summed E-state index contributed by atoms with van der Waals surface area (Å²) in [7, 11) is 0. The van der Waals surface area contributed by atoms with Crippen LogP contribution in [0.1, 0.15) is 17.7 Å². The van der Waals surface area contributed by atoms with Crippen molar-refractivity contribution in [2.75, 3.05) is 5.73 Å². The number of hydrogen-bond donors (Lipinski definition) is 2. The lowest BCUT2D eigenvalue weighted by Gasteiger charge is -2.01. The van der Waals surface area contributed by atoms with E-state index in [0.29, 0.717) is 11.4 Å². The molecule has 4 heteroatoms. The lowest BCUT2D eigenvalue weighted by Crippen LogP contribution is -1.96. The highest BCUT2D eigenvalue weighted by Crippen LogP contribution is 2.14. The van der Waals surface area contributed by atoms with E-state index in [1.807, 2.05) is 13.0 Å². The van der Waals surface area contributed by atoms with E-state index >= 15 is 0 Å². The van der Waals surface area contributed by atoms with Gasteiger partial charge >= 0.3 is 5.97 Å². The predicted octanol–water partition coefficient (Wildman–Crippen LogP) is 1.46. The third-order valence-corrected chi connectivity index (χ3v) is 1.81. The van der Waals surface area contributed by atoms with Crippen molar-refractivity contribution in [1.82, 2.24) is 4.98 Å². The number of pyridine rings is 1. The lowest BCUT2D eigenvalue weighted by molar-refractivity contribution is -0.135.